The van der Waals surface area contributed by atoms with E-state index in [-0.39, 0.29) is 5.41 Å². The summed E-state index contributed by atoms with van der Waals surface area (Å²) in [6.07, 6.45) is 4.12. The Hall–Kier alpha value is -2.02. The Kier molecular flexibility index (Phi) is 4.29. The van der Waals surface area contributed by atoms with Crippen molar-refractivity contribution in [2.24, 2.45) is 0 Å². The van der Waals surface area contributed by atoms with E-state index in [1.807, 2.05) is 31.2 Å². The molecule has 0 atom stereocenters. The Bertz CT molecular complexity index is 586. The van der Waals surface area contributed by atoms with Crippen LogP contribution in [0.2, 0.25) is 0 Å². The van der Waals surface area contributed by atoms with Crippen LogP contribution in [0.25, 0.3) is 6.08 Å². The van der Waals surface area contributed by atoms with Gasteiger partial charge in [-0.1, -0.05) is 45.1 Å². The van der Waals surface area contributed by atoms with Crippen LogP contribution in [-0.4, -0.2) is 4.74 Å². The monoisotopic (exact) mass is 267 g/mol. The van der Waals surface area contributed by atoms with Gasteiger partial charge in [-0.3, -0.25) is 0 Å². The number of benzene rings is 2. The van der Waals surface area contributed by atoms with Crippen LogP contribution in [0.1, 0.15) is 38.8 Å². The van der Waals surface area contributed by atoms with Crippen molar-refractivity contribution in [2.75, 3.05) is 0 Å². The maximum absolute atomic E-state index is 4.73. The van der Waals surface area contributed by atoms with E-state index in [1.165, 1.54) is 5.56 Å². The van der Waals surface area contributed by atoms with Gasteiger partial charge in [0.2, 0.25) is 0 Å². The predicted molar refractivity (Wildman–Crippen MR) is 87.4 cm³/mol. The van der Waals surface area contributed by atoms with Crippen LogP contribution in [0.3, 0.4) is 0 Å². The van der Waals surface area contributed by atoms with E-state index < -0.39 is 0 Å². The van der Waals surface area contributed by atoms with E-state index in [0.29, 0.717) is 0 Å². The molecule has 1 nitrogen and oxygen atoms in total. The van der Waals surface area contributed by atoms with Crippen LogP contribution < -0.4 is 0 Å². The van der Waals surface area contributed by atoms with Crippen molar-refractivity contribution in [1.29, 1.82) is 0 Å². The molecule has 0 heterocycles. The summed E-state index contributed by atoms with van der Waals surface area (Å²) in [7, 11) is 0. The summed E-state index contributed by atoms with van der Waals surface area (Å²) in [6, 6.07) is 16.7. The SMILES string of the molecule is C/C=C\c1ccccc1[OH+]c1ccc(C(C)(C)C)cc1. The van der Waals surface area contributed by atoms with Crippen molar-refractivity contribution in [3.8, 4) is 11.5 Å². The van der Waals surface area contributed by atoms with Crippen LogP contribution in [0.15, 0.2) is 54.6 Å². The van der Waals surface area contributed by atoms with Crippen LogP contribution in [0.4, 0.5) is 0 Å². The second-order valence-corrected chi connectivity index (χ2v) is 5.97. The number of rotatable bonds is 3. The molecule has 0 fully saturated rings. The third-order valence-corrected chi connectivity index (χ3v) is 3.27. The summed E-state index contributed by atoms with van der Waals surface area (Å²) in [5, 5.41) is 0. The van der Waals surface area contributed by atoms with E-state index in [1.54, 1.807) is 0 Å². The molecule has 2 aromatic carbocycles. The largest absolute Gasteiger partial charge is 0.546 e. The van der Waals surface area contributed by atoms with E-state index in [4.69, 9.17) is 4.74 Å². The van der Waals surface area contributed by atoms with Crippen LogP contribution in [-0.2, 0) is 5.41 Å². The molecule has 104 valence electrons. The lowest BCUT2D eigenvalue weighted by Crippen LogP contribution is -2.10. The fraction of sp³-hybridized carbons (Fsp3) is 0.263. The molecule has 0 bridgehead atoms. The summed E-state index contributed by atoms with van der Waals surface area (Å²) in [4.78, 5) is 0. The van der Waals surface area contributed by atoms with Gasteiger partial charge in [-0.25, -0.2) is 0 Å². The van der Waals surface area contributed by atoms with Gasteiger partial charge in [0.15, 0.2) is 0 Å². The van der Waals surface area contributed by atoms with E-state index >= 15 is 0 Å². The van der Waals surface area contributed by atoms with Crippen LogP contribution >= 0.6 is 0 Å². The number of para-hydroxylation sites is 1. The Morgan fingerprint density at radius 3 is 2.15 bits per heavy atom. The number of ether oxygens (including phenoxy) is 1. The molecule has 1 N–H and O–H groups in total. The van der Waals surface area contributed by atoms with Crippen molar-refractivity contribution < 1.29 is 4.74 Å². The second-order valence-electron chi connectivity index (χ2n) is 5.97. The summed E-state index contributed by atoms with van der Waals surface area (Å²) in [6.45, 7) is 8.69. The summed E-state index contributed by atoms with van der Waals surface area (Å²) in [5.41, 5.74) is 2.66. The lowest BCUT2D eigenvalue weighted by atomic mass is 9.87. The van der Waals surface area contributed by atoms with Crippen molar-refractivity contribution >= 4 is 6.08 Å². The van der Waals surface area contributed by atoms with Crippen molar-refractivity contribution in [3.63, 3.8) is 0 Å². The highest BCUT2D eigenvalue weighted by molar-refractivity contribution is 5.57. The number of aromatic hydroxyl groups is 2. The van der Waals surface area contributed by atoms with Crippen LogP contribution in [0, 0.1) is 0 Å². The molecule has 0 saturated carbocycles. The summed E-state index contributed by atoms with van der Waals surface area (Å²) < 4.78 is 4.73. The quantitative estimate of drug-likeness (QED) is 0.635. The van der Waals surface area contributed by atoms with Gasteiger partial charge in [-0.15, -0.1) is 0 Å². The van der Waals surface area contributed by atoms with Gasteiger partial charge in [-0.2, -0.15) is 0 Å². The molecule has 0 unspecified atom stereocenters. The molecule has 0 aromatic heterocycles. The maximum Gasteiger partial charge on any atom is 0.267 e. The standard InChI is InChI=1S/C19H22O/c1-5-8-15-9-6-7-10-18(15)20-17-13-11-16(12-14-17)19(2,3)4/h5-14H,1-4H3/p+1/b8-5-. The smallest absolute Gasteiger partial charge is 0.267 e. The Labute approximate surface area is 121 Å². The number of hydrogen-bond acceptors (Lipinski definition) is 0. The minimum Gasteiger partial charge on any atom is -0.546 e. The number of allylic oxidation sites excluding steroid dienone is 1. The minimum atomic E-state index is 0.182. The normalized spacial score (nSPS) is 11.8. The predicted octanol–water partition coefficient (Wildman–Crippen LogP) is 5.67. The first-order valence-corrected chi connectivity index (χ1v) is 7.05. The zero-order valence-electron chi connectivity index (χ0n) is 12.7. The average Bonchev–Trinajstić information content (AvgIpc) is 2.41. The molecule has 0 saturated heterocycles. The third kappa shape index (κ3) is 3.51. The first-order chi connectivity index (χ1) is 9.50. The lowest BCUT2D eigenvalue weighted by molar-refractivity contribution is 0.198. The molecule has 20 heavy (non-hydrogen) atoms. The first-order valence-electron chi connectivity index (χ1n) is 7.05. The molecule has 2 aromatic rings. The molecule has 0 aliphatic heterocycles. The van der Waals surface area contributed by atoms with E-state index in [0.717, 1.165) is 17.1 Å². The molecule has 0 amide bonds. The molecule has 0 radical (unpaired) electrons. The molecule has 0 aliphatic carbocycles. The fourth-order valence-corrected chi connectivity index (χ4v) is 2.08. The summed E-state index contributed by atoms with van der Waals surface area (Å²) >= 11 is 0. The first kappa shape index (κ1) is 14.4. The molecule has 1 heteroatoms. The topological polar surface area (TPSA) is 12.8 Å². The summed E-state index contributed by atoms with van der Waals surface area (Å²) in [5.74, 6) is 2.00. The second kappa shape index (κ2) is 5.96. The van der Waals surface area contributed by atoms with Gasteiger partial charge in [0.25, 0.3) is 11.5 Å². The fourth-order valence-electron chi connectivity index (χ4n) is 2.08. The third-order valence-electron chi connectivity index (χ3n) is 3.27. The van der Waals surface area contributed by atoms with Gasteiger partial charge in [0, 0.05) is 18.2 Å². The zero-order chi connectivity index (χ0) is 14.6. The molecular weight excluding hydrogens is 244 g/mol. The lowest BCUT2D eigenvalue weighted by Gasteiger charge is -2.18. The minimum absolute atomic E-state index is 0.182. The Morgan fingerprint density at radius 2 is 1.55 bits per heavy atom. The highest BCUT2D eigenvalue weighted by Gasteiger charge is 2.14. The number of hydrogen-bond donors (Lipinski definition) is 0. The average molecular weight is 267 g/mol. The molecule has 2 rings (SSSR count). The van der Waals surface area contributed by atoms with E-state index in [9.17, 15) is 0 Å². The van der Waals surface area contributed by atoms with E-state index in [2.05, 4.69) is 57.2 Å². The van der Waals surface area contributed by atoms with Gasteiger partial charge in [0.1, 0.15) is 0 Å². The van der Waals surface area contributed by atoms with Crippen molar-refractivity contribution in [2.45, 2.75) is 33.1 Å². The highest BCUT2D eigenvalue weighted by atomic mass is 16.5. The highest BCUT2D eigenvalue weighted by Crippen LogP contribution is 2.30. The van der Waals surface area contributed by atoms with Crippen molar-refractivity contribution in [3.05, 3.63) is 65.7 Å². The van der Waals surface area contributed by atoms with Crippen LogP contribution in [0.5, 0.6) is 11.5 Å². The Balaban J connectivity index is 2.23. The molecular formula is C19H23O+. The zero-order valence-corrected chi connectivity index (χ0v) is 12.7. The molecule has 0 aliphatic rings. The van der Waals surface area contributed by atoms with Gasteiger partial charge >= 0.3 is 0 Å². The maximum atomic E-state index is 4.73. The van der Waals surface area contributed by atoms with Gasteiger partial charge < -0.3 is 4.74 Å². The molecule has 0 spiro atoms. The van der Waals surface area contributed by atoms with Gasteiger partial charge in [-0.05, 0) is 36.1 Å². The van der Waals surface area contributed by atoms with Crippen molar-refractivity contribution in [1.82, 2.24) is 0 Å². The Morgan fingerprint density at radius 1 is 0.900 bits per heavy atom. The van der Waals surface area contributed by atoms with Gasteiger partial charge in [0.05, 0.1) is 5.56 Å².